The number of benzene rings is 1. The summed E-state index contributed by atoms with van der Waals surface area (Å²) in [5.74, 6) is 0.318. The molecule has 0 atom stereocenters. The maximum atomic E-state index is 12.0. The zero-order valence-corrected chi connectivity index (χ0v) is 11.3. The Morgan fingerprint density at radius 2 is 2.11 bits per heavy atom. The third-order valence-corrected chi connectivity index (χ3v) is 4.18. The highest BCUT2D eigenvalue weighted by atomic mass is 35.5. The fourth-order valence-electron chi connectivity index (χ4n) is 1.48. The minimum Gasteiger partial charge on any atom is -0.258 e. The van der Waals surface area contributed by atoms with E-state index in [-0.39, 0.29) is 11.4 Å². The highest BCUT2D eigenvalue weighted by Gasteiger charge is 2.27. The van der Waals surface area contributed by atoms with Gasteiger partial charge in [0.2, 0.25) is 10.0 Å². The summed E-state index contributed by atoms with van der Waals surface area (Å²) < 4.78 is 26.3. The van der Waals surface area contributed by atoms with Gasteiger partial charge in [-0.1, -0.05) is 12.1 Å². The quantitative estimate of drug-likeness (QED) is 0.375. The summed E-state index contributed by atoms with van der Waals surface area (Å²) in [6, 6.07) is 4.14. The van der Waals surface area contributed by atoms with E-state index >= 15 is 0 Å². The molecule has 0 spiro atoms. The molecule has 0 radical (unpaired) electrons. The summed E-state index contributed by atoms with van der Waals surface area (Å²) >= 11 is 5.45. The first-order chi connectivity index (χ1) is 8.40. The second-order valence-corrected chi connectivity index (χ2v) is 5.70. The van der Waals surface area contributed by atoms with Crippen molar-refractivity contribution in [2.45, 2.75) is 18.2 Å². The van der Waals surface area contributed by atoms with Crippen LogP contribution in [0.25, 0.3) is 0 Å². The van der Waals surface area contributed by atoms with Crippen molar-refractivity contribution < 1.29 is 13.3 Å². The van der Waals surface area contributed by atoms with Gasteiger partial charge in [-0.05, 0) is 18.9 Å². The maximum absolute atomic E-state index is 12.0. The van der Waals surface area contributed by atoms with Crippen LogP contribution < -0.4 is 4.72 Å². The number of nitro groups is 1. The summed E-state index contributed by atoms with van der Waals surface area (Å²) in [6.07, 6.45) is 0.459. The summed E-state index contributed by atoms with van der Waals surface area (Å²) in [5, 5.41) is 10.8. The second-order valence-electron chi connectivity index (χ2n) is 3.62. The number of halogens is 1. The van der Waals surface area contributed by atoms with Gasteiger partial charge in [-0.3, -0.25) is 10.1 Å². The van der Waals surface area contributed by atoms with E-state index in [0.717, 1.165) is 0 Å². The van der Waals surface area contributed by atoms with Crippen LogP contribution in [0.4, 0.5) is 5.69 Å². The van der Waals surface area contributed by atoms with Gasteiger partial charge >= 0.3 is 0 Å². The maximum Gasteiger partial charge on any atom is 0.289 e. The van der Waals surface area contributed by atoms with Crippen LogP contribution in [0.15, 0.2) is 23.1 Å². The smallest absolute Gasteiger partial charge is 0.258 e. The molecule has 0 amide bonds. The monoisotopic (exact) mass is 292 g/mol. The predicted octanol–water partition coefficient (Wildman–Crippen LogP) is 1.81. The molecule has 0 aromatic heterocycles. The van der Waals surface area contributed by atoms with E-state index in [4.69, 9.17) is 11.6 Å². The van der Waals surface area contributed by atoms with Gasteiger partial charge in [0.1, 0.15) is 0 Å². The van der Waals surface area contributed by atoms with Crippen LogP contribution in [0.3, 0.4) is 0 Å². The van der Waals surface area contributed by atoms with E-state index in [1.165, 1.54) is 25.1 Å². The van der Waals surface area contributed by atoms with Gasteiger partial charge in [-0.25, -0.2) is 13.1 Å². The molecule has 6 nitrogen and oxygen atoms in total. The lowest BCUT2D eigenvalue weighted by atomic mass is 10.2. The topological polar surface area (TPSA) is 89.3 Å². The van der Waals surface area contributed by atoms with E-state index < -0.39 is 20.6 Å². The van der Waals surface area contributed by atoms with E-state index in [1.807, 2.05) is 0 Å². The van der Waals surface area contributed by atoms with Crippen LogP contribution in [-0.4, -0.2) is 25.8 Å². The van der Waals surface area contributed by atoms with Crippen LogP contribution >= 0.6 is 11.6 Å². The first-order valence-corrected chi connectivity index (χ1v) is 7.21. The molecule has 1 aromatic rings. The third kappa shape index (κ3) is 3.41. The molecule has 1 aromatic carbocycles. The molecular formula is C10H13ClN2O4S. The van der Waals surface area contributed by atoms with Crippen LogP contribution in [0.5, 0.6) is 0 Å². The molecule has 0 saturated carbocycles. The molecule has 8 heteroatoms. The number of nitrogens with zero attached hydrogens (tertiary/aromatic N) is 1. The SMILES string of the molecule is Cc1cccc([N+](=O)[O-])c1S(=O)(=O)NCCCCl. The Hall–Kier alpha value is -1.18. The Labute approximate surface area is 110 Å². The fourth-order valence-corrected chi connectivity index (χ4v) is 3.08. The van der Waals surface area contributed by atoms with Gasteiger partial charge in [-0.15, -0.1) is 11.6 Å². The molecule has 0 unspecified atom stereocenters. The average molecular weight is 293 g/mol. The highest BCUT2D eigenvalue weighted by molar-refractivity contribution is 7.89. The van der Waals surface area contributed by atoms with Crippen LogP contribution in [0.1, 0.15) is 12.0 Å². The molecular weight excluding hydrogens is 280 g/mol. The molecule has 18 heavy (non-hydrogen) atoms. The second kappa shape index (κ2) is 6.12. The Kier molecular flexibility index (Phi) is 5.06. The first-order valence-electron chi connectivity index (χ1n) is 5.20. The van der Waals surface area contributed by atoms with Gasteiger partial charge in [0.15, 0.2) is 4.90 Å². The molecule has 0 bridgehead atoms. The Morgan fingerprint density at radius 1 is 1.44 bits per heavy atom. The molecule has 0 saturated heterocycles. The van der Waals surface area contributed by atoms with Gasteiger partial charge in [-0.2, -0.15) is 0 Å². The number of aryl methyl sites for hydroxylation is 1. The number of hydrogen-bond acceptors (Lipinski definition) is 4. The highest BCUT2D eigenvalue weighted by Crippen LogP contribution is 2.26. The largest absolute Gasteiger partial charge is 0.289 e. The zero-order chi connectivity index (χ0) is 13.8. The van der Waals surface area contributed by atoms with Crippen LogP contribution in [-0.2, 0) is 10.0 Å². The van der Waals surface area contributed by atoms with Gasteiger partial charge < -0.3 is 0 Å². The Balaban J connectivity index is 3.19. The van der Waals surface area contributed by atoms with Crippen molar-refractivity contribution in [1.29, 1.82) is 0 Å². The number of nitrogens with one attached hydrogen (secondary N) is 1. The minimum absolute atomic E-state index is 0.150. The van der Waals surface area contributed by atoms with E-state index in [2.05, 4.69) is 4.72 Å². The van der Waals surface area contributed by atoms with E-state index in [1.54, 1.807) is 0 Å². The lowest BCUT2D eigenvalue weighted by Crippen LogP contribution is -2.26. The third-order valence-electron chi connectivity index (χ3n) is 2.26. The zero-order valence-electron chi connectivity index (χ0n) is 9.72. The number of sulfonamides is 1. The van der Waals surface area contributed by atoms with Crippen molar-refractivity contribution in [3.8, 4) is 0 Å². The van der Waals surface area contributed by atoms with E-state index in [9.17, 15) is 18.5 Å². The van der Waals surface area contributed by atoms with Crippen molar-refractivity contribution in [2.24, 2.45) is 0 Å². The first kappa shape index (κ1) is 14.9. The molecule has 0 aliphatic carbocycles. The number of hydrogen-bond donors (Lipinski definition) is 1. The van der Waals surface area contributed by atoms with Crippen molar-refractivity contribution in [1.82, 2.24) is 4.72 Å². The lowest BCUT2D eigenvalue weighted by molar-refractivity contribution is -0.387. The van der Waals surface area contributed by atoms with Crippen molar-refractivity contribution >= 4 is 27.3 Å². The number of alkyl halides is 1. The van der Waals surface area contributed by atoms with Gasteiger partial charge in [0, 0.05) is 18.5 Å². The molecule has 1 rings (SSSR count). The van der Waals surface area contributed by atoms with Crippen LogP contribution in [0, 0.1) is 17.0 Å². The van der Waals surface area contributed by atoms with Crippen molar-refractivity contribution in [2.75, 3.05) is 12.4 Å². The molecule has 1 N–H and O–H groups in total. The molecule has 0 aliphatic rings. The van der Waals surface area contributed by atoms with Gasteiger partial charge in [0.25, 0.3) is 5.69 Å². The normalized spacial score (nSPS) is 11.4. The standard InChI is InChI=1S/C10H13ClN2O4S/c1-8-4-2-5-9(13(14)15)10(8)18(16,17)12-7-3-6-11/h2,4-5,12H,3,6-7H2,1H3. The fraction of sp³-hybridized carbons (Fsp3) is 0.400. The predicted molar refractivity (Wildman–Crippen MR) is 68.4 cm³/mol. The number of rotatable bonds is 6. The lowest BCUT2D eigenvalue weighted by Gasteiger charge is -2.08. The van der Waals surface area contributed by atoms with E-state index in [0.29, 0.717) is 17.9 Å². The summed E-state index contributed by atoms with van der Waals surface area (Å²) in [5.41, 5.74) is -0.0871. The molecule has 100 valence electrons. The summed E-state index contributed by atoms with van der Waals surface area (Å²) in [6.45, 7) is 1.67. The molecule has 0 fully saturated rings. The van der Waals surface area contributed by atoms with Gasteiger partial charge in [0.05, 0.1) is 4.92 Å². The van der Waals surface area contributed by atoms with Crippen molar-refractivity contribution in [3.63, 3.8) is 0 Å². The summed E-state index contributed by atoms with van der Waals surface area (Å²) in [4.78, 5) is 9.85. The molecule has 0 aliphatic heterocycles. The van der Waals surface area contributed by atoms with Crippen molar-refractivity contribution in [3.05, 3.63) is 33.9 Å². The Bertz CT molecular complexity index is 545. The average Bonchev–Trinajstić information content (AvgIpc) is 2.28. The Morgan fingerprint density at radius 3 is 2.67 bits per heavy atom. The number of nitro benzene ring substituents is 1. The molecule has 0 heterocycles. The van der Waals surface area contributed by atoms with Crippen LogP contribution in [0.2, 0.25) is 0 Å². The summed E-state index contributed by atoms with van der Waals surface area (Å²) in [7, 11) is -3.89. The minimum atomic E-state index is -3.89.